The number of nitrogens with one attached hydrogen (secondary N) is 2. The van der Waals surface area contributed by atoms with Gasteiger partial charge in [-0.3, -0.25) is 9.52 Å². The molecule has 3 aromatic carbocycles. The third kappa shape index (κ3) is 5.60. The molecule has 8 heteroatoms. The number of amides is 1. The van der Waals surface area contributed by atoms with Gasteiger partial charge < -0.3 is 10.1 Å². The number of halogens is 1. The van der Waals surface area contributed by atoms with Gasteiger partial charge in [-0.25, -0.2) is 8.42 Å². The van der Waals surface area contributed by atoms with Gasteiger partial charge in [0.1, 0.15) is 5.75 Å². The molecule has 32 heavy (non-hydrogen) atoms. The molecule has 0 aliphatic rings. The molecule has 1 amide bonds. The van der Waals surface area contributed by atoms with Crippen LogP contribution in [0.1, 0.15) is 24.5 Å². The van der Waals surface area contributed by atoms with Crippen LogP contribution in [-0.2, 0) is 14.8 Å². The minimum atomic E-state index is -3.77. The second-order valence-electron chi connectivity index (χ2n) is 7.33. The molecule has 6 nitrogen and oxygen atoms in total. The first-order valence-electron chi connectivity index (χ1n) is 10.1. The quantitative estimate of drug-likeness (QED) is 0.450. The molecule has 3 rings (SSSR count). The van der Waals surface area contributed by atoms with E-state index in [-0.39, 0.29) is 10.8 Å². The van der Waals surface area contributed by atoms with Crippen molar-refractivity contribution in [3.8, 4) is 5.75 Å². The van der Waals surface area contributed by atoms with Crippen molar-refractivity contribution < 1.29 is 17.9 Å². The summed E-state index contributed by atoms with van der Waals surface area (Å²) in [5, 5.41) is 3.18. The van der Waals surface area contributed by atoms with Crippen molar-refractivity contribution in [1.29, 1.82) is 0 Å². The van der Waals surface area contributed by atoms with Crippen LogP contribution in [0.25, 0.3) is 0 Å². The summed E-state index contributed by atoms with van der Waals surface area (Å²) in [5.41, 5.74) is 2.69. The SMILES string of the molecule is CCC(Oc1ccccc1Cl)C(=O)Nc1ccc(S(=O)(=O)Nc2c(C)cccc2C)cc1. The third-order valence-corrected chi connectivity index (χ3v) is 6.60. The Morgan fingerprint density at radius 2 is 1.59 bits per heavy atom. The van der Waals surface area contributed by atoms with Gasteiger partial charge in [-0.05, 0) is 67.8 Å². The molecular weight excluding hydrogens is 448 g/mol. The molecule has 0 spiro atoms. The van der Waals surface area contributed by atoms with Crippen LogP contribution in [0, 0.1) is 13.8 Å². The number of hydrogen-bond donors (Lipinski definition) is 2. The van der Waals surface area contributed by atoms with Crippen LogP contribution in [-0.4, -0.2) is 20.4 Å². The van der Waals surface area contributed by atoms with Crippen LogP contribution < -0.4 is 14.8 Å². The van der Waals surface area contributed by atoms with Gasteiger partial charge in [-0.2, -0.15) is 0 Å². The van der Waals surface area contributed by atoms with Gasteiger partial charge >= 0.3 is 0 Å². The lowest BCUT2D eigenvalue weighted by molar-refractivity contribution is -0.122. The lowest BCUT2D eigenvalue weighted by Crippen LogP contribution is -2.32. The first-order valence-corrected chi connectivity index (χ1v) is 12.0. The van der Waals surface area contributed by atoms with Crippen molar-refractivity contribution in [2.45, 2.75) is 38.2 Å². The molecule has 0 bridgehead atoms. The molecule has 1 unspecified atom stereocenters. The molecule has 168 valence electrons. The van der Waals surface area contributed by atoms with E-state index in [0.29, 0.717) is 28.6 Å². The summed E-state index contributed by atoms with van der Waals surface area (Å²) in [4.78, 5) is 12.7. The van der Waals surface area contributed by atoms with Gasteiger partial charge in [-0.1, -0.05) is 48.9 Å². The van der Waals surface area contributed by atoms with Crippen LogP contribution in [0.2, 0.25) is 5.02 Å². The Bertz CT molecular complexity index is 1190. The van der Waals surface area contributed by atoms with Gasteiger partial charge in [0, 0.05) is 5.69 Å². The van der Waals surface area contributed by atoms with E-state index in [1.54, 1.807) is 36.4 Å². The van der Waals surface area contributed by atoms with E-state index in [9.17, 15) is 13.2 Å². The van der Waals surface area contributed by atoms with Crippen LogP contribution >= 0.6 is 11.6 Å². The lowest BCUT2D eigenvalue weighted by atomic mass is 10.1. The lowest BCUT2D eigenvalue weighted by Gasteiger charge is -2.18. The first-order chi connectivity index (χ1) is 15.2. The average Bonchev–Trinajstić information content (AvgIpc) is 2.76. The Labute approximate surface area is 193 Å². The maximum absolute atomic E-state index is 12.8. The molecule has 0 aliphatic heterocycles. The Morgan fingerprint density at radius 1 is 0.969 bits per heavy atom. The van der Waals surface area contributed by atoms with E-state index in [0.717, 1.165) is 11.1 Å². The average molecular weight is 473 g/mol. The number of anilines is 2. The molecule has 0 saturated heterocycles. The van der Waals surface area contributed by atoms with Crippen LogP contribution in [0.4, 0.5) is 11.4 Å². The number of aryl methyl sites for hydroxylation is 2. The number of rotatable bonds is 8. The Hall–Kier alpha value is -3.03. The maximum Gasteiger partial charge on any atom is 0.265 e. The molecule has 0 aromatic heterocycles. The zero-order valence-corrected chi connectivity index (χ0v) is 19.6. The van der Waals surface area contributed by atoms with Crippen LogP contribution in [0.5, 0.6) is 5.75 Å². The fourth-order valence-corrected chi connectivity index (χ4v) is 4.51. The smallest absolute Gasteiger partial charge is 0.265 e. The van der Waals surface area contributed by atoms with Crippen LogP contribution in [0.15, 0.2) is 71.6 Å². The molecule has 0 heterocycles. The number of ether oxygens (including phenoxy) is 1. The van der Waals surface area contributed by atoms with Crippen molar-refractivity contribution in [3.63, 3.8) is 0 Å². The van der Waals surface area contributed by atoms with E-state index in [2.05, 4.69) is 10.0 Å². The largest absolute Gasteiger partial charge is 0.479 e. The summed E-state index contributed by atoms with van der Waals surface area (Å²) in [6.07, 6.45) is -0.313. The van der Waals surface area contributed by atoms with Crippen molar-refractivity contribution in [2.24, 2.45) is 0 Å². The Kier molecular flexibility index (Phi) is 7.43. The molecule has 0 fully saturated rings. The maximum atomic E-state index is 12.8. The number of sulfonamides is 1. The molecule has 2 N–H and O–H groups in total. The summed E-state index contributed by atoms with van der Waals surface area (Å²) in [6, 6.07) is 18.5. The highest BCUT2D eigenvalue weighted by Gasteiger charge is 2.21. The fraction of sp³-hybridized carbons (Fsp3) is 0.208. The summed E-state index contributed by atoms with van der Waals surface area (Å²) in [7, 11) is -3.77. The van der Waals surface area contributed by atoms with E-state index >= 15 is 0 Å². The summed E-state index contributed by atoms with van der Waals surface area (Å²) >= 11 is 6.11. The van der Waals surface area contributed by atoms with Gasteiger partial charge in [0.05, 0.1) is 15.6 Å². The first kappa shape index (κ1) is 23.6. The molecular formula is C24H25ClN2O4S. The second kappa shape index (κ2) is 10.1. The Morgan fingerprint density at radius 3 is 2.19 bits per heavy atom. The minimum Gasteiger partial charge on any atom is -0.479 e. The summed E-state index contributed by atoms with van der Waals surface area (Å²) < 4.78 is 34.0. The van der Waals surface area contributed by atoms with E-state index < -0.39 is 16.1 Å². The summed E-state index contributed by atoms with van der Waals surface area (Å²) in [6.45, 7) is 5.52. The van der Waals surface area contributed by atoms with Crippen molar-refractivity contribution in [2.75, 3.05) is 10.0 Å². The summed E-state index contributed by atoms with van der Waals surface area (Å²) in [5.74, 6) is 0.0758. The predicted molar refractivity (Wildman–Crippen MR) is 128 cm³/mol. The molecule has 0 saturated carbocycles. The zero-order chi connectivity index (χ0) is 23.3. The van der Waals surface area contributed by atoms with Crippen molar-refractivity contribution >= 4 is 38.9 Å². The van der Waals surface area contributed by atoms with Crippen molar-refractivity contribution in [3.05, 3.63) is 82.9 Å². The minimum absolute atomic E-state index is 0.0949. The van der Waals surface area contributed by atoms with Gasteiger partial charge in [0.25, 0.3) is 15.9 Å². The molecule has 1 atom stereocenters. The number of benzene rings is 3. The van der Waals surface area contributed by atoms with Gasteiger partial charge in [0.2, 0.25) is 0 Å². The molecule has 3 aromatic rings. The monoisotopic (exact) mass is 472 g/mol. The number of carbonyl (C=O) groups is 1. The normalized spacial score (nSPS) is 12.1. The third-order valence-electron chi connectivity index (χ3n) is 4.92. The van der Waals surface area contributed by atoms with Gasteiger partial charge in [0.15, 0.2) is 6.10 Å². The van der Waals surface area contributed by atoms with E-state index in [4.69, 9.17) is 16.3 Å². The van der Waals surface area contributed by atoms with Crippen LogP contribution in [0.3, 0.4) is 0 Å². The van der Waals surface area contributed by atoms with E-state index in [1.165, 1.54) is 12.1 Å². The number of para-hydroxylation sites is 2. The second-order valence-corrected chi connectivity index (χ2v) is 9.42. The van der Waals surface area contributed by atoms with Gasteiger partial charge in [-0.15, -0.1) is 0 Å². The zero-order valence-electron chi connectivity index (χ0n) is 18.1. The highest BCUT2D eigenvalue weighted by Crippen LogP contribution is 2.26. The van der Waals surface area contributed by atoms with E-state index in [1.807, 2.05) is 39.0 Å². The topological polar surface area (TPSA) is 84.5 Å². The standard InChI is InChI=1S/C24H25ClN2O4S/c1-4-21(31-22-11-6-5-10-20(22)25)24(28)26-18-12-14-19(15-13-18)32(29,30)27-23-16(2)8-7-9-17(23)3/h5-15,21,27H,4H2,1-3H3,(H,26,28). The predicted octanol–water partition coefficient (Wildman–Crippen LogP) is 5.55. The number of carbonyl (C=O) groups excluding carboxylic acids is 1. The molecule has 0 aliphatic carbocycles. The highest BCUT2D eigenvalue weighted by molar-refractivity contribution is 7.92. The molecule has 0 radical (unpaired) electrons. The number of hydrogen-bond acceptors (Lipinski definition) is 4. The Balaban J connectivity index is 1.70. The highest BCUT2D eigenvalue weighted by atomic mass is 35.5. The fourth-order valence-electron chi connectivity index (χ4n) is 3.12. The van der Waals surface area contributed by atoms with Crippen molar-refractivity contribution in [1.82, 2.24) is 0 Å².